The maximum Gasteiger partial charge on any atom is 0.261 e. The first kappa shape index (κ1) is 18.7. The van der Waals surface area contributed by atoms with Gasteiger partial charge in [-0.15, -0.1) is 0 Å². The number of anilines is 1. The summed E-state index contributed by atoms with van der Waals surface area (Å²) in [6, 6.07) is 8.93. The minimum atomic E-state index is -3.92. The van der Waals surface area contributed by atoms with Crippen LogP contribution in [0.4, 0.5) is 10.1 Å². The lowest BCUT2D eigenvalue weighted by Crippen LogP contribution is -2.16. The molecule has 1 amide bonds. The quantitative estimate of drug-likeness (QED) is 0.690. The second-order valence-electron chi connectivity index (χ2n) is 4.98. The van der Waals surface area contributed by atoms with Gasteiger partial charge in [-0.05, 0) is 42.5 Å². The fourth-order valence-corrected chi connectivity index (χ4v) is 3.00. The van der Waals surface area contributed by atoms with Crippen LogP contribution in [0.3, 0.4) is 0 Å². The van der Waals surface area contributed by atoms with Crippen LogP contribution in [0.2, 0.25) is 0 Å². The van der Waals surface area contributed by atoms with E-state index in [1.807, 2.05) is 0 Å². The minimum Gasteiger partial charge on any atom is -0.491 e. The summed E-state index contributed by atoms with van der Waals surface area (Å²) in [4.78, 5) is 11.1. The lowest BCUT2D eigenvalue weighted by molar-refractivity contribution is 0.0996. The standard InChI is InChI=1S/C16H17FN2O5S/c1-23-8-9-24-12-3-5-13(6-4-12)25(21,22)19-11-2-7-15(17)14(10-11)16(18)20/h2-7,10,19H,8-9H2,1H3,(H2,18,20). The average Bonchev–Trinajstić information content (AvgIpc) is 2.57. The molecule has 0 bridgehead atoms. The van der Waals surface area contributed by atoms with Gasteiger partial charge in [0.1, 0.15) is 18.2 Å². The summed E-state index contributed by atoms with van der Waals surface area (Å²) in [6.07, 6.45) is 0. The van der Waals surface area contributed by atoms with Crippen LogP contribution in [0.25, 0.3) is 0 Å². The highest BCUT2D eigenvalue weighted by molar-refractivity contribution is 7.92. The van der Waals surface area contributed by atoms with Gasteiger partial charge in [-0.3, -0.25) is 9.52 Å². The zero-order valence-electron chi connectivity index (χ0n) is 13.4. The van der Waals surface area contributed by atoms with Crippen molar-refractivity contribution in [3.8, 4) is 5.75 Å². The molecule has 0 radical (unpaired) electrons. The highest BCUT2D eigenvalue weighted by Crippen LogP contribution is 2.21. The summed E-state index contributed by atoms with van der Waals surface area (Å²) >= 11 is 0. The van der Waals surface area contributed by atoms with Crippen LogP contribution in [-0.4, -0.2) is 34.6 Å². The predicted molar refractivity (Wildman–Crippen MR) is 89.5 cm³/mol. The molecule has 9 heteroatoms. The van der Waals surface area contributed by atoms with Crippen molar-refractivity contribution < 1.29 is 27.1 Å². The molecule has 0 saturated heterocycles. The summed E-state index contributed by atoms with van der Waals surface area (Å²) in [6.45, 7) is 0.751. The Balaban J connectivity index is 2.16. The minimum absolute atomic E-state index is 0.0171. The number of nitrogens with one attached hydrogen (secondary N) is 1. The molecule has 0 unspecified atom stereocenters. The molecule has 0 fully saturated rings. The molecule has 0 saturated carbocycles. The second-order valence-corrected chi connectivity index (χ2v) is 6.66. The van der Waals surface area contributed by atoms with E-state index >= 15 is 0 Å². The number of methoxy groups -OCH3 is 1. The number of halogens is 1. The number of benzene rings is 2. The first-order valence-corrected chi connectivity index (χ1v) is 8.66. The number of carbonyl (C=O) groups is 1. The summed E-state index contributed by atoms with van der Waals surface area (Å²) in [5, 5.41) is 0. The molecule has 0 heterocycles. The molecule has 0 atom stereocenters. The molecule has 2 rings (SSSR count). The Morgan fingerprint density at radius 1 is 1.16 bits per heavy atom. The number of rotatable bonds is 8. The molecule has 7 nitrogen and oxygen atoms in total. The fraction of sp³-hybridized carbons (Fsp3) is 0.188. The zero-order chi connectivity index (χ0) is 18.4. The average molecular weight is 368 g/mol. The molecule has 0 aliphatic carbocycles. The van der Waals surface area contributed by atoms with Crippen LogP contribution >= 0.6 is 0 Å². The van der Waals surface area contributed by atoms with Crippen molar-refractivity contribution in [3.63, 3.8) is 0 Å². The number of hydrogen-bond acceptors (Lipinski definition) is 5. The molecular formula is C16H17FN2O5S. The van der Waals surface area contributed by atoms with Crippen molar-refractivity contribution in [2.24, 2.45) is 5.73 Å². The Morgan fingerprint density at radius 2 is 1.84 bits per heavy atom. The van der Waals surface area contributed by atoms with E-state index in [2.05, 4.69) is 4.72 Å². The number of sulfonamides is 1. The van der Waals surface area contributed by atoms with Crippen molar-refractivity contribution in [3.05, 3.63) is 53.8 Å². The second kappa shape index (κ2) is 7.95. The summed E-state index contributed by atoms with van der Waals surface area (Å²) < 4.78 is 50.6. The Kier molecular flexibility index (Phi) is 5.94. The Labute approximate surface area is 144 Å². The number of hydrogen-bond donors (Lipinski definition) is 2. The molecule has 25 heavy (non-hydrogen) atoms. The van der Waals surface area contributed by atoms with Crippen molar-refractivity contribution in [2.45, 2.75) is 4.90 Å². The molecule has 3 N–H and O–H groups in total. The molecular weight excluding hydrogens is 351 g/mol. The van der Waals surface area contributed by atoms with Gasteiger partial charge in [-0.1, -0.05) is 0 Å². The van der Waals surface area contributed by atoms with E-state index in [-0.39, 0.29) is 10.6 Å². The van der Waals surface area contributed by atoms with E-state index in [4.69, 9.17) is 15.2 Å². The number of ether oxygens (including phenoxy) is 2. The third-order valence-electron chi connectivity index (χ3n) is 3.17. The van der Waals surface area contributed by atoms with E-state index in [9.17, 15) is 17.6 Å². The van der Waals surface area contributed by atoms with Gasteiger partial charge < -0.3 is 15.2 Å². The molecule has 0 aliphatic heterocycles. The van der Waals surface area contributed by atoms with E-state index in [1.165, 1.54) is 30.3 Å². The van der Waals surface area contributed by atoms with E-state index in [1.54, 1.807) is 7.11 Å². The molecule has 0 spiro atoms. The Morgan fingerprint density at radius 3 is 2.44 bits per heavy atom. The number of primary amides is 1. The maximum atomic E-state index is 13.4. The monoisotopic (exact) mass is 368 g/mol. The van der Waals surface area contributed by atoms with Gasteiger partial charge in [0.25, 0.3) is 15.9 Å². The lowest BCUT2D eigenvalue weighted by Gasteiger charge is -2.10. The fourth-order valence-electron chi connectivity index (χ4n) is 1.95. The van der Waals surface area contributed by atoms with Crippen LogP contribution in [0.5, 0.6) is 5.75 Å². The van der Waals surface area contributed by atoms with Gasteiger partial charge in [-0.25, -0.2) is 12.8 Å². The number of nitrogens with two attached hydrogens (primary N) is 1. The van der Waals surface area contributed by atoms with E-state index in [0.29, 0.717) is 19.0 Å². The molecule has 0 aliphatic rings. The van der Waals surface area contributed by atoms with Crippen LogP contribution in [0.15, 0.2) is 47.4 Å². The summed E-state index contributed by atoms with van der Waals surface area (Å²) in [7, 11) is -2.37. The lowest BCUT2D eigenvalue weighted by atomic mass is 10.2. The summed E-state index contributed by atoms with van der Waals surface area (Å²) in [5.74, 6) is -1.32. The molecule has 2 aromatic carbocycles. The van der Waals surface area contributed by atoms with Crippen molar-refractivity contribution in [2.75, 3.05) is 25.0 Å². The van der Waals surface area contributed by atoms with E-state index < -0.39 is 27.3 Å². The van der Waals surface area contributed by atoms with Gasteiger partial charge >= 0.3 is 0 Å². The highest BCUT2D eigenvalue weighted by atomic mass is 32.2. The van der Waals surface area contributed by atoms with Crippen LogP contribution < -0.4 is 15.2 Å². The smallest absolute Gasteiger partial charge is 0.261 e. The number of amides is 1. The summed E-state index contributed by atoms with van der Waals surface area (Å²) in [5.41, 5.74) is 4.67. The van der Waals surface area contributed by atoms with Crippen molar-refractivity contribution in [1.29, 1.82) is 0 Å². The van der Waals surface area contributed by atoms with Crippen molar-refractivity contribution >= 4 is 21.6 Å². The maximum absolute atomic E-state index is 13.4. The number of carbonyl (C=O) groups excluding carboxylic acids is 1. The van der Waals surface area contributed by atoms with Gasteiger partial charge in [0.2, 0.25) is 0 Å². The predicted octanol–water partition coefficient (Wildman–Crippen LogP) is 1.75. The Hall–Kier alpha value is -2.65. The first-order chi connectivity index (χ1) is 11.8. The highest BCUT2D eigenvalue weighted by Gasteiger charge is 2.16. The zero-order valence-corrected chi connectivity index (χ0v) is 14.2. The molecule has 2 aromatic rings. The van der Waals surface area contributed by atoms with Gasteiger partial charge in [0, 0.05) is 12.8 Å². The third kappa shape index (κ3) is 4.91. The van der Waals surface area contributed by atoms with Crippen molar-refractivity contribution in [1.82, 2.24) is 0 Å². The molecule has 134 valence electrons. The first-order valence-electron chi connectivity index (χ1n) is 7.17. The normalized spacial score (nSPS) is 11.1. The van der Waals surface area contributed by atoms with Gasteiger partial charge in [0.05, 0.1) is 17.1 Å². The Bertz CT molecular complexity index is 853. The van der Waals surface area contributed by atoms with Crippen LogP contribution in [0.1, 0.15) is 10.4 Å². The van der Waals surface area contributed by atoms with Crippen LogP contribution in [-0.2, 0) is 14.8 Å². The van der Waals surface area contributed by atoms with Gasteiger partial charge in [0.15, 0.2) is 0 Å². The third-order valence-corrected chi connectivity index (χ3v) is 4.57. The largest absolute Gasteiger partial charge is 0.491 e. The topological polar surface area (TPSA) is 108 Å². The van der Waals surface area contributed by atoms with E-state index in [0.717, 1.165) is 12.1 Å². The van der Waals surface area contributed by atoms with Gasteiger partial charge in [-0.2, -0.15) is 0 Å². The molecule has 0 aromatic heterocycles. The van der Waals surface area contributed by atoms with Crippen LogP contribution in [0, 0.1) is 5.82 Å². The SMILES string of the molecule is COCCOc1ccc(S(=O)(=O)Nc2ccc(F)c(C(N)=O)c2)cc1.